The Hall–Kier alpha value is -1.66. The van der Waals surface area contributed by atoms with Crippen LogP contribution < -0.4 is 0 Å². The van der Waals surface area contributed by atoms with Gasteiger partial charge in [0, 0.05) is 6.92 Å². The molecule has 1 aliphatic rings. The Labute approximate surface area is 86.2 Å². The minimum atomic E-state index is -1.85. The van der Waals surface area contributed by atoms with Crippen LogP contribution in [-0.2, 0) is 14.4 Å². The average Bonchev–Trinajstić information content (AvgIpc) is 2.44. The average molecular weight is 216 g/mol. The molecule has 84 valence electrons. The molecule has 0 aromatic carbocycles. The highest BCUT2D eigenvalue weighted by atomic mass is 16.7. The van der Waals surface area contributed by atoms with Gasteiger partial charge in [0.15, 0.2) is 0 Å². The molecule has 2 unspecified atom stereocenters. The van der Waals surface area contributed by atoms with Crippen LogP contribution in [0.25, 0.3) is 0 Å². The highest BCUT2D eigenvalue weighted by Crippen LogP contribution is 2.31. The van der Waals surface area contributed by atoms with Gasteiger partial charge < -0.3 is 9.57 Å². The molecule has 0 aliphatic carbocycles. The fraction of sp³-hybridized carbons (Fsp3) is 0.750. The first-order chi connectivity index (χ1) is 6.93. The van der Waals surface area contributed by atoms with E-state index in [1.165, 1.54) is 13.8 Å². The van der Waals surface area contributed by atoms with Gasteiger partial charge in [-0.05, 0) is 13.8 Å². The third-order valence-electron chi connectivity index (χ3n) is 2.21. The summed E-state index contributed by atoms with van der Waals surface area (Å²) in [5, 5.41) is 14.3. The van der Waals surface area contributed by atoms with Crippen molar-refractivity contribution in [2.75, 3.05) is 6.61 Å². The summed E-state index contributed by atoms with van der Waals surface area (Å²) < 4.78 is 4.74. The number of nitro groups is 1. The fourth-order valence-electron chi connectivity index (χ4n) is 1.41. The van der Waals surface area contributed by atoms with E-state index in [4.69, 9.17) is 4.74 Å². The highest BCUT2D eigenvalue weighted by molar-refractivity contribution is 6.02. The van der Waals surface area contributed by atoms with Crippen LogP contribution in [-0.4, -0.2) is 28.9 Å². The Balaban J connectivity index is 2.96. The smallest absolute Gasteiger partial charge is 0.399 e. The first kappa shape index (κ1) is 11.4. The standard InChI is InChI=1S/C8H12N2O5/c1-4-14-7(11)6-5(2)9-15-8(6,3)10(12)13/h6H,4H2,1-3H3. The topological polar surface area (TPSA) is 91.0 Å². The summed E-state index contributed by atoms with van der Waals surface area (Å²) >= 11 is 0. The van der Waals surface area contributed by atoms with Crippen molar-refractivity contribution in [2.24, 2.45) is 11.1 Å². The maximum atomic E-state index is 11.5. The highest BCUT2D eigenvalue weighted by Gasteiger charge is 2.59. The van der Waals surface area contributed by atoms with Crippen LogP contribution in [0.4, 0.5) is 0 Å². The van der Waals surface area contributed by atoms with Gasteiger partial charge in [-0.1, -0.05) is 5.16 Å². The lowest BCUT2D eigenvalue weighted by atomic mass is 9.94. The predicted octanol–water partition coefficient (Wildman–Crippen LogP) is 0.565. The first-order valence-electron chi connectivity index (χ1n) is 4.47. The van der Waals surface area contributed by atoms with Gasteiger partial charge in [-0.25, -0.2) is 0 Å². The molecule has 0 amide bonds. The molecule has 0 saturated carbocycles. The van der Waals surface area contributed by atoms with E-state index in [1.54, 1.807) is 6.92 Å². The molecular formula is C8H12N2O5. The number of oxime groups is 1. The number of carbonyl (C=O) groups is 1. The van der Waals surface area contributed by atoms with Crippen molar-refractivity contribution in [1.82, 2.24) is 0 Å². The minimum Gasteiger partial charge on any atom is -0.465 e. The maximum Gasteiger partial charge on any atom is 0.399 e. The van der Waals surface area contributed by atoms with Crippen LogP contribution >= 0.6 is 0 Å². The Bertz CT molecular complexity index is 327. The lowest BCUT2D eigenvalue weighted by molar-refractivity contribution is -0.626. The summed E-state index contributed by atoms with van der Waals surface area (Å²) in [6, 6.07) is 0. The van der Waals surface area contributed by atoms with Crippen molar-refractivity contribution in [1.29, 1.82) is 0 Å². The van der Waals surface area contributed by atoms with E-state index in [9.17, 15) is 14.9 Å². The number of esters is 1. The van der Waals surface area contributed by atoms with Crippen molar-refractivity contribution < 1.29 is 19.3 Å². The molecule has 0 bridgehead atoms. The van der Waals surface area contributed by atoms with E-state index in [0.29, 0.717) is 0 Å². The lowest BCUT2D eigenvalue weighted by Gasteiger charge is -2.18. The molecule has 0 aromatic heterocycles. The van der Waals surface area contributed by atoms with Crippen LogP contribution in [0.1, 0.15) is 20.8 Å². The molecule has 0 spiro atoms. The molecule has 0 fully saturated rings. The van der Waals surface area contributed by atoms with E-state index in [2.05, 4.69) is 9.99 Å². The van der Waals surface area contributed by atoms with Gasteiger partial charge in [0.1, 0.15) is 0 Å². The van der Waals surface area contributed by atoms with E-state index >= 15 is 0 Å². The number of rotatable bonds is 3. The molecular weight excluding hydrogens is 204 g/mol. The van der Waals surface area contributed by atoms with Gasteiger partial charge in [0.25, 0.3) is 0 Å². The van der Waals surface area contributed by atoms with Gasteiger partial charge in [0.05, 0.1) is 17.2 Å². The van der Waals surface area contributed by atoms with Crippen LogP contribution in [0.2, 0.25) is 0 Å². The maximum absolute atomic E-state index is 11.5. The van der Waals surface area contributed by atoms with Gasteiger partial charge in [-0.3, -0.25) is 14.9 Å². The largest absolute Gasteiger partial charge is 0.465 e. The summed E-state index contributed by atoms with van der Waals surface area (Å²) in [5.41, 5.74) is -1.59. The molecule has 2 atom stereocenters. The lowest BCUT2D eigenvalue weighted by Crippen LogP contribution is -2.47. The fourth-order valence-corrected chi connectivity index (χ4v) is 1.41. The Morgan fingerprint density at radius 1 is 1.80 bits per heavy atom. The summed E-state index contributed by atoms with van der Waals surface area (Å²) in [6.45, 7) is 4.49. The molecule has 7 heteroatoms. The van der Waals surface area contributed by atoms with Crippen LogP contribution in [0.3, 0.4) is 0 Å². The van der Waals surface area contributed by atoms with Crippen molar-refractivity contribution in [3.63, 3.8) is 0 Å². The SMILES string of the molecule is CCOC(=O)C1C(C)=NOC1(C)[N+](=O)[O-]. The van der Waals surface area contributed by atoms with E-state index in [0.717, 1.165) is 0 Å². The number of hydrogen-bond donors (Lipinski definition) is 0. The van der Waals surface area contributed by atoms with Gasteiger partial charge in [0.2, 0.25) is 5.92 Å². The summed E-state index contributed by atoms with van der Waals surface area (Å²) in [4.78, 5) is 26.3. The molecule has 0 saturated heterocycles. The number of ether oxygens (including phenoxy) is 1. The van der Waals surface area contributed by atoms with E-state index in [-0.39, 0.29) is 12.3 Å². The number of nitrogens with zero attached hydrogens (tertiary/aromatic N) is 2. The second kappa shape index (κ2) is 3.84. The normalized spacial score (nSPS) is 29.3. The summed E-state index contributed by atoms with van der Waals surface area (Å²) in [6.07, 6.45) is 0. The molecule has 0 radical (unpaired) electrons. The molecule has 7 nitrogen and oxygen atoms in total. The predicted molar refractivity (Wildman–Crippen MR) is 49.7 cm³/mol. The van der Waals surface area contributed by atoms with Crippen molar-refractivity contribution in [3.05, 3.63) is 10.1 Å². The number of hydrogen-bond acceptors (Lipinski definition) is 6. The van der Waals surface area contributed by atoms with Crippen molar-refractivity contribution in [3.8, 4) is 0 Å². The van der Waals surface area contributed by atoms with E-state index < -0.39 is 22.5 Å². The number of carbonyl (C=O) groups excluding carboxylic acids is 1. The third-order valence-corrected chi connectivity index (χ3v) is 2.21. The van der Waals surface area contributed by atoms with Crippen molar-refractivity contribution in [2.45, 2.75) is 26.5 Å². The zero-order valence-electron chi connectivity index (χ0n) is 8.72. The Morgan fingerprint density at radius 2 is 2.40 bits per heavy atom. The van der Waals surface area contributed by atoms with E-state index in [1.807, 2.05) is 0 Å². The molecule has 1 aliphatic heterocycles. The quantitative estimate of drug-likeness (QED) is 0.390. The second-order valence-electron chi connectivity index (χ2n) is 3.32. The monoisotopic (exact) mass is 216 g/mol. The molecule has 1 heterocycles. The third kappa shape index (κ3) is 1.77. The molecule has 0 N–H and O–H groups in total. The summed E-state index contributed by atoms with van der Waals surface area (Å²) in [5.74, 6) is -1.76. The Kier molecular flexibility index (Phi) is 2.92. The summed E-state index contributed by atoms with van der Waals surface area (Å²) in [7, 11) is 0. The second-order valence-corrected chi connectivity index (χ2v) is 3.32. The van der Waals surface area contributed by atoms with Gasteiger partial charge in [-0.15, -0.1) is 0 Å². The zero-order chi connectivity index (χ0) is 11.6. The minimum absolute atomic E-state index is 0.163. The van der Waals surface area contributed by atoms with Gasteiger partial charge in [-0.2, -0.15) is 0 Å². The van der Waals surface area contributed by atoms with Crippen LogP contribution in [0.15, 0.2) is 5.16 Å². The Morgan fingerprint density at radius 3 is 2.87 bits per heavy atom. The van der Waals surface area contributed by atoms with Crippen LogP contribution in [0, 0.1) is 16.0 Å². The molecule has 1 rings (SSSR count). The zero-order valence-corrected chi connectivity index (χ0v) is 8.72. The molecule has 15 heavy (non-hydrogen) atoms. The van der Waals surface area contributed by atoms with Crippen molar-refractivity contribution >= 4 is 11.7 Å². The molecule has 0 aromatic rings. The first-order valence-corrected chi connectivity index (χ1v) is 4.47. The van der Waals surface area contributed by atoms with Crippen LogP contribution in [0.5, 0.6) is 0 Å². The van der Waals surface area contributed by atoms with Gasteiger partial charge >= 0.3 is 11.7 Å².